The van der Waals surface area contributed by atoms with E-state index in [-0.39, 0.29) is 6.04 Å². The number of para-hydroxylation sites is 1. The molecule has 1 fully saturated rings. The molecule has 5 nitrogen and oxygen atoms in total. The lowest BCUT2D eigenvalue weighted by Gasteiger charge is -2.15. The predicted octanol–water partition coefficient (Wildman–Crippen LogP) is 2.49. The number of benzene rings is 1. The zero-order chi connectivity index (χ0) is 14.5. The normalized spacial score (nSPS) is 19.8. The molecule has 0 radical (unpaired) electrons. The molecule has 1 aliphatic heterocycles. The highest BCUT2D eigenvalue weighted by atomic mass is 16.5. The second kappa shape index (κ2) is 6.83. The molecule has 2 atom stereocenters. The van der Waals surface area contributed by atoms with Crippen LogP contribution in [0.3, 0.4) is 0 Å². The van der Waals surface area contributed by atoms with Gasteiger partial charge >= 0.3 is 0 Å². The maximum absolute atomic E-state index is 5.69. The molecule has 21 heavy (non-hydrogen) atoms. The average Bonchev–Trinajstić information content (AvgIpc) is 3.20. The van der Waals surface area contributed by atoms with Crippen LogP contribution in [-0.2, 0) is 4.74 Å². The first-order valence-corrected chi connectivity index (χ1v) is 7.63. The van der Waals surface area contributed by atoms with Gasteiger partial charge in [-0.05, 0) is 44.9 Å². The SMILES string of the molecule is CNC(CCC1CCCO1)c1cnn(-c2ccccc2)n1. The van der Waals surface area contributed by atoms with Crippen molar-refractivity contribution in [3.05, 3.63) is 42.2 Å². The molecular weight excluding hydrogens is 264 g/mol. The van der Waals surface area contributed by atoms with Crippen LogP contribution in [0.1, 0.15) is 37.4 Å². The highest BCUT2D eigenvalue weighted by molar-refractivity contribution is 5.28. The van der Waals surface area contributed by atoms with Gasteiger partial charge in [0.25, 0.3) is 0 Å². The van der Waals surface area contributed by atoms with Gasteiger partial charge in [0.05, 0.1) is 24.0 Å². The monoisotopic (exact) mass is 286 g/mol. The molecule has 112 valence electrons. The summed E-state index contributed by atoms with van der Waals surface area (Å²) in [4.78, 5) is 1.69. The van der Waals surface area contributed by atoms with E-state index in [0.29, 0.717) is 6.10 Å². The third kappa shape index (κ3) is 3.49. The molecule has 1 aromatic carbocycles. The summed E-state index contributed by atoms with van der Waals surface area (Å²) in [5, 5.41) is 12.3. The van der Waals surface area contributed by atoms with E-state index < -0.39 is 0 Å². The smallest absolute Gasteiger partial charge is 0.100 e. The van der Waals surface area contributed by atoms with E-state index in [1.807, 2.05) is 43.6 Å². The van der Waals surface area contributed by atoms with Crippen LogP contribution in [-0.4, -0.2) is 34.8 Å². The summed E-state index contributed by atoms with van der Waals surface area (Å²) in [6.45, 7) is 0.916. The van der Waals surface area contributed by atoms with Gasteiger partial charge in [-0.15, -0.1) is 0 Å². The summed E-state index contributed by atoms with van der Waals surface area (Å²) in [6.07, 6.45) is 6.75. The summed E-state index contributed by atoms with van der Waals surface area (Å²) in [5.41, 5.74) is 1.97. The summed E-state index contributed by atoms with van der Waals surface area (Å²) < 4.78 is 5.69. The minimum atomic E-state index is 0.228. The fraction of sp³-hybridized carbons (Fsp3) is 0.500. The van der Waals surface area contributed by atoms with Crippen molar-refractivity contribution in [2.45, 2.75) is 37.8 Å². The van der Waals surface area contributed by atoms with Gasteiger partial charge in [0, 0.05) is 6.61 Å². The fourth-order valence-corrected chi connectivity index (χ4v) is 2.78. The molecule has 0 aliphatic carbocycles. The summed E-state index contributed by atoms with van der Waals surface area (Å²) >= 11 is 0. The molecule has 2 heterocycles. The molecule has 1 aromatic heterocycles. The lowest BCUT2D eigenvalue weighted by Crippen LogP contribution is -2.19. The Labute approximate surface area is 125 Å². The minimum absolute atomic E-state index is 0.228. The molecule has 5 heteroatoms. The van der Waals surface area contributed by atoms with Crippen molar-refractivity contribution in [3.63, 3.8) is 0 Å². The van der Waals surface area contributed by atoms with Crippen LogP contribution in [0.15, 0.2) is 36.5 Å². The van der Waals surface area contributed by atoms with Crippen LogP contribution in [0, 0.1) is 0 Å². The van der Waals surface area contributed by atoms with Gasteiger partial charge in [-0.1, -0.05) is 18.2 Å². The Balaban J connectivity index is 1.65. The zero-order valence-corrected chi connectivity index (χ0v) is 12.4. The first kappa shape index (κ1) is 14.2. The highest BCUT2D eigenvalue weighted by Crippen LogP contribution is 2.22. The van der Waals surface area contributed by atoms with E-state index in [1.54, 1.807) is 4.80 Å². The third-order valence-electron chi connectivity index (χ3n) is 4.00. The van der Waals surface area contributed by atoms with Crippen molar-refractivity contribution in [2.75, 3.05) is 13.7 Å². The van der Waals surface area contributed by atoms with Crippen LogP contribution in [0.25, 0.3) is 5.69 Å². The molecule has 0 spiro atoms. The summed E-state index contributed by atoms with van der Waals surface area (Å²) in [7, 11) is 1.97. The quantitative estimate of drug-likeness (QED) is 0.886. The number of hydrogen-bond acceptors (Lipinski definition) is 4. The molecule has 2 aromatic rings. The second-order valence-electron chi connectivity index (χ2n) is 5.45. The van der Waals surface area contributed by atoms with Crippen LogP contribution < -0.4 is 5.32 Å². The Kier molecular flexibility index (Phi) is 4.62. The zero-order valence-electron chi connectivity index (χ0n) is 12.4. The van der Waals surface area contributed by atoms with Gasteiger partial charge in [0.15, 0.2) is 0 Å². The van der Waals surface area contributed by atoms with Gasteiger partial charge in [-0.25, -0.2) is 0 Å². The molecule has 1 aliphatic rings. The lowest BCUT2D eigenvalue weighted by atomic mass is 10.0. The van der Waals surface area contributed by atoms with Gasteiger partial charge in [-0.3, -0.25) is 0 Å². The van der Waals surface area contributed by atoms with Crippen molar-refractivity contribution in [1.82, 2.24) is 20.3 Å². The van der Waals surface area contributed by atoms with Crippen molar-refractivity contribution in [2.24, 2.45) is 0 Å². The van der Waals surface area contributed by atoms with E-state index in [0.717, 1.165) is 30.8 Å². The first-order valence-electron chi connectivity index (χ1n) is 7.63. The van der Waals surface area contributed by atoms with E-state index in [2.05, 4.69) is 15.5 Å². The number of aromatic nitrogens is 3. The van der Waals surface area contributed by atoms with Gasteiger partial charge < -0.3 is 10.1 Å². The minimum Gasteiger partial charge on any atom is -0.378 e. The molecule has 2 unspecified atom stereocenters. The maximum atomic E-state index is 5.69. The molecule has 1 saturated heterocycles. The topological polar surface area (TPSA) is 52.0 Å². The largest absolute Gasteiger partial charge is 0.378 e. The van der Waals surface area contributed by atoms with Crippen LogP contribution >= 0.6 is 0 Å². The van der Waals surface area contributed by atoms with Crippen LogP contribution in [0.2, 0.25) is 0 Å². The first-order chi connectivity index (χ1) is 10.4. The van der Waals surface area contributed by atoms with Crippen molar-refractivity contribution >= 4 is 0 Å². The molecular formula is C16H22N4O. The van der Waals surface area contributed by atoms with Crippen molar-refractivity contribution < 1.29 is 4.74 Å². The number of ether oxygens (including phenoxy) is 1. The molecule has 0 amide bonds. The van der Waals surface area contributed by atoms with E-state index in [9.17, 15) is 0 Å². The van der Waals surface area contributed by atoms with Crippen molar-refractivity contribution in [1.29, 1.82) is 0 Å². The Bertz CT molecular complexity index is 548. The summed E-state index contributed by atoms with van der Waals surface area (Å²) in [5.74, 6) is 0. The highest BCUT2D eigenvalue weighted by Gasteiger charge is 2.19. The molecule has 0 saturated carbocycles. The molecule has 3 rings (SSSR count). The lowest BCUT2D eigenvalue weighted by molar-refractivity contribution is 0.0997. The van der Waals surface area contributed by atoms with Crippen LogP contribution in [0.5, 0.6) is 0 Å². The van der Waals surface area contributed by atoms with Gasteiger partial charge in [0.2, 0.25) is 0 Å². The van der Waals surface area contributed by atoms with E-state index >= 15 is 0 Å². The van der Waals surface area contributed by atoms with Crippen LogP contribution in [0.4, 0.5) is 0 Å². The predicted molar refractivity (Wildman–Crippen MR) is 81.4 cm³/mol. The van der Waals surface area contributed by atoms with Gasteiger partial charge in [-0.2, -0.15) is 15.0 Å². The molecule has 0 bridgehead atoms. The number of rotatable bonds is 6. The Hall–Kier alpha value is -1.72. The van der Waals surface area contributed by atoms with Gasteiger partial charge in [0.1, 0.15) is 5.69 Å². The molecule has 1 N–H and O–H groups in total. The standard InChI is InChI=1S/C16H22N4O/c1-17-15(10-9-14-8-5-11-21-14)16-12-18-20(19-16)13-6-3-2-4-7-13/h2-4,6-7,12,14-15,17H,5,8-11H2,1H3. The van der Waals surface area contributed by atoms with E-state index in [1.165, 1.54) is 12.8 Å². The Morgan fingerprint density at radius 3 is 2.95 bits per heavy atom. The maximum Gasteiger partial charge on any atom is 0.100 e. The number of nitrogens with zero attached hydrogens (tertiary/aromatic N) is 3. The number of hydrogen-bond donors (Lipinski definition) is 1. The van der Waals surface area contributed by atoms with E-state index in [4.69, 9.17) is 4.74 Å². The Morgan fingerprint density at radius 2 is 2.24 bits per heavy atom. The number of nitrogens with one attached hydrogen (secondary N) is 1. The van der Waals surface area contributed by atoms with Crippen molar-refractivity contribution in [3.8, 4) is 5.69 Å². The fourth-order valence-electron chi connectivity index (χ4n) is 2.78. The third-order valence-corrected chi connectivity index (χ3v) is 4.00. The second-order valence-corrected chi connectivity index (χ2v) is 5.45. The summed E-state index contributed by atoms with van der Waals surface area (Å²) in [6, 6.07) is 10.2. The average molecular weight is 286 g/mol. The Morgan fingerprint density at radius 1 is 1.38 bits per heavy atom.